The number of hydrogen-bond acceptors (Lipinski definition) is 5. The molecule has 2 unspecified atom stereocenters. The molecule has 0 rings (SSSR count). The Balaban J connectivity index is 4.25. The zero-order valence-electron chi connectivity index (χ0n) is 9.10. The van der Waals surface area contributed by atoms with Crippen molar-refractivity contribution in [3.8, 4) is 0 Å². The minimum absolute atomic E-state index is 0.169. The van der Waals surface area contributed by atoms with Crippen LogP contribution in [0.5, 0.6) is 0 Å². The molecule has 0 heterocycles. The molecule has 0 aromatic carbocycles. The fraction of sp³-hybridized carbons (Fsp3) is 1.00. The van der Waals surface area contributed by atoms with Crippen molar-refractivity contribution >= 4 is 20.7 Å². The van der Waals surface area contributed by atoms with Crippen LogP contribution in [-0.2, 0) is 17.6 Å². The lowest BCUT2D eigenvalue weighted by Gasteiger charge is -2.21. The third-order valence-electron chi connectivity index (χ3n) is 1.87. The summed E-state index contributed by atoms with van der Waals surface area (Å²) in [5, 5.41) is 0. The van der Waals surface area contributed by atoms with E-state index in [1.165, 1.54) is 0 Å². The summed E-state index contributed by atoms with van der Waals surface area (Å²) in [7, 11) is -3.48. The second-order valence-electron chi connectivity index (χ2n) is 3.18. The molecule has 4 nitrogen and oxygen atoms in total. The average Bonchev–Trinajstić information content (AvgIpc) is 2.17. The Labute approximate surface area is 91.5 Å². The van der Waals surface area contributed by atoms with Crippen molar-refractivity contribution in [1.29, 1.82) is 0 Å². The molecule has 86 valence electrons. The molecule has 0 amide bonds. The van der Waals surface area contributed by atoms with E-state index in [9.17, 15) is 4.57 Å². The minimum Gasteiger partial charge on any atom is -0.283 e. The van der Waals surface area contributed by atoms with E-state index < -0.39 is 7.82 Å². The molecule has 0 radical (unpaired) electrons. The van der Waals surface area contributed by atoms with Crippen LogP contribution in [0, 0.1) is 0 Å². The first-order valence-corrected chi connectivity index (χ1v) is 6.60. The lowest BCUT2D eigenvalue weighted by Crippen LogP contribution is -2.11. The van der Waals surface area contributed by atoms with Crippen LogP contribution in [0.1, 0.15) is 40.5 Å². The van der Waals surface area contributed by atoms with E-state index in [0.717, 1.165) is 12.8 Å². The number of rotatable bonds is 7. The van der Waals surface area contributed by atoms with Crippen molar-refractivity contribution in [1.82, 2.24) is 0 Å². The topological polar surface area (TPSA) is 44.8 Å². The van der Waals surface area contributed by atoms with E-state index in [4.69, 9.17) is 9.05 Å². The SMILES string of the molecule is CCC(C)OP(=O)(OS)OC(C)CC. The van der Waals surface area contributed by atoms with Gasteiger partial charge in [0, 0.05) is 0 Å². The van der Waals surface area contributed by atoms with Crippen LogP contribution < -0.4 is 0 Å². The summed E-state index contributed by atoms with van der Waals surface area (Å²) in [6, 6.07) is 0. The molecule has 0 aromatic heterocycles. The van der Waals surface area contributed by atoms with Crippen molar-refractivity contribution in [2.45, 2.75) is 52.7 Å². The fourth-order valence-corrected chi connectivity index (χ4v) is 2.19. The van der Waals surface area contributed by atoms with E-state index in [1.807, 2.05) is 13.8 Å². The number of phosphoric acid groups is 1. The van der Waals surface area contributed by atoms with Gasteiger partial charge in [-0.15, -0.1) is 0 Å². The van der Waals surface area contributed by atoms with Gasteiger partial charge in [-0.2, -0.15) is 0 Å². The Hall–Kier alpha value is 0.460. The highest BCUT2D eigenvalue weighted by molar-refractivity contribution is 7.80. The second-order valence-corrected chi connectivity index (χ2v) is 5.15. The third kappa shape index (κ3) is 5.37. The standard InChI is InChI=1S/C8H19O4PS/c1-5-7(3)10-13(9,12-14)11-8(4)6-2/h7-8,14H,5-6H2,1-4H3. The number of thiol groups is 1. The van der Waals surface area contributed by atoms with Crippen molar-refractivity contribution in [3.05, 3.63) is 0 Å². The highest BCUT2D eigenvalue weighted by atomic mass is 32.1. The highest BCUT2D eigenvalue weighted by Gasteiger charge is 2.30. The molecule has 0 N–H and O–H groups in total. The Kier molecular flexibility index (Phi) is 7.08. The van der Waals surface area contributed by atoms with Gasteiger partial charge in [-0.3, -0.25) is 9.05 Å². The maximum Gasteiger partial charge on any atom is 0.486 e. The Morgan fingerprint density at radius 3 is 1.71 bits per heavy atom. The molecule has 0 aliphatic heterocycles. The summed E-state index contributed by atoms with van der Waals surface area (Å²) in [5.74, 6) is 0. The van der Waals surface area contributed by atoms with Crippen LogP contribution in [0.25, 0.3) is 0 Å². The van der Waals surface area contributed by atoms with Crippen LogP contribution in [0.4, 0.5) is 0 Å². The molecule has 0 bridgehead atoms. The zero-order chi connectivity index (χ0) is 11.2. The normalized spacial score (nSPS) is 20.1. The zero-order valence-corrected chi connectivity index (χ0v) is 10.9. The van der Waals surface area contributed by atoms with Gasteiger partial charge in [-0.1, -0.05) is 13.8 Å². The van der Waals surface area contributed by atoms with E-state index >= 15 is 0 Å². The quantitative estimate of drug-likeness (QED) is 0.421. The van der Waals surface area contributed by atoms with Gasteiger partial charge >= 0.3 is 7.82 Å². The van der Waals surface area contributed by atoms with Crippen LogP contribution in [0.3, 0.4) is 0 Å². The molecule has 0 spiro atoms. The monoisotopic (exact) mass is 242 g/mol. The molecular formula is C8H19O4PS. The molecule has 0 saturated heterocycles. The fourth-order valence-electron chi connectivity index (χ4n) is 0.653. The molecule has 14 heavy (non-hydrogen) atoms. The number of phosphoric ester groups is 1. The lowest BCUT2D eigenvalue weighted by atomic mass is 10.3. The molecule has 0 fully saturated rings. The van der Waals surface area contributed by atoms with Gasteiger partial charge in [0.2, 0.25) is 0 Å². The molecule has 2 atom stereocenters. The largest absolute Gasteiger partial charge is 0.486 e. The maximum absolute atomic E-state index is 11.8. The predicted octanol–water partition coefficient (Wildman–Crippen LogP) is 3.59. The Morgan fingerprint density at radius 1 is 1.14 bits per heavy atom. The first-order chi connectivity index (χ1) is 6.47. The van der Waals surface area contributed by atoms with Gasteiger partial charge in [-0.25, -0.2) is 8.54 Å². The average molecular weight is 242 g/mol. The van der Waals surface area contributed by atoms with Gasteiger partial charge in [0.15, 0.2) is 0 Å². The van der Waals surface area contributed by atoms with Crippen LogP contribution >= 0.6 is 20.7 Å². The van der Waals surface area contributed by atoms with Gasteiger partial charge in [-0.05, 0) is 39.6 Å². The molecule has 0 aliphatic carbocycles. The van der Waals surface area contributed by atoms with Gasteiger partial charge < -0.3 is 0 Å². The second kappa shape index (κ2) is 6.85. The molecule has 0 aliphatic rings. The van der Waals surface area contributed by atoms with Crippen molar-refractivity contribution in [2.75, 3.05) is 0 Å². The van der Waals surface area contributed by atoms with E-state index in [0.29, 0.717) is 0 Å². The molecular weight excluding hydrogens is 223 g/mol. The van der Waals surface area contributed by atoms with Gasteiger partial charge in [0.05, 0.1) is 12.2 Å². The number of hydrogen-bond donors (Lipinski definition) is 1. The van der Waals surface area contributed by atoms with Crippen molar-refractivity contribution < 1.29 is 17.6 Å². The summed E-state index contributed by atoms with van der Waals surface area (Å²) in [6.07, 6.45) is 1.14. The van der Waals surface area contributed by atoms with E-state index in [2.05, 4.69) is 16.9 Å². The van der Waals surface area contributed by atoms with Gasteiger partial charge in [0.1, 0.15) is 0 Å². The molecule has 6 heteroatoms. The summed E-state index contributed by atoms with van der Waals surface area (Å²) >= 11 is 3.52. The van der Waals surface area contributed by atoms with E-state index in [1.54, 1.807) is 13.8 Å². The summed E-state index contributed by atoms with van der Waals surface area (Å²) < 4.78 is 26.6. The van der Waals surface area contributed by atoms with Gasteiger partial charge in [0.25, 0.3) is 0 Å². The smallest absolute Gasteiger partial charge is 0.283 e. The predicted molar refractivity (Wildman–Crippen MR) is 59.4 cm³/mol. The van der Waals surface area contributed by atoms with Crippen molar-refractivity contribution in [2.24, 2.45) is 0 Å². The first kappa shape index (κ1) is 14.5. The third-order valence-corrected chi connectivity index (χ3v) is 3.90. The van der Waals surface area contributed by atoms with E-state index in [-0.39, 0.29) is 12.2 Å². The van der Waals surface area contributed by atoms with Crippen LogP contribution in [-0.4, -0.2) is 12.2 Å². The van der Waals surface area contributed by atoms with Crippen molar-refractivity contribution in [3.63, 3.8) is 0 Å². The Bertz CT molecular complexity index is 184. The summed E-state index contributed by atoms with van der Waals surface area (Å²) in [6.45, 7) is 7.46. The van der Waals surface area contributed by atoms with Crippen LogP contribution in [0.2, 0.25) is 0 Å². The molecule has 0 saturated carbocycles. The van der Waals surface area contributed by atoms with Crippen LogP contribution in [0.15, 0.2) is 0 Å². The maximum atomic E-state index is 11.8. The Morgan fingerprint density at radius 2 is 1.50 bits per heavy atom. The summed E-state index contributed by atoms with van der Waals surface area (Å²) in [5.41, 5.74) is 0. The first-order valence-electron chi connectivity index (χ1n) is 4.77. The minimum atomic E-state index is -3.48. The lowest BCUT2D eigenvalue weighted by molar-refractivity contribution is 0.0929. The molecule has 0 aromatic rings. The highest BCUT2D eigenvalue weighted by Crippen LogP contribution is 2.53. The summed E-state index contributed by atoms with van der Waals surface area (Å²) in [4.78, 5) is 0.